The number of benzene rings is 1. The summed E-state index contributed by atoms with van der Waals surface area (Å²) in [5, 5.41) is 3.02. The number of aliphatic imine (C=N–C) groups is 1. The highest BCUT2D eigenvalue weighted by atomic mass is 79.9. The van der Waals surface area contributed by atoms with E-state index < -0.39 is 0 Å². The zero-order valence-corrected chi connectivity index (χ0v) is 11.3. The molecule has 1 aliphatic rings. The summed E-state index contributed by atoms with van der Waals surface area (Å²) in [5.41, 5.74) is 8.36. The third-order valence-electron chi connectivity index (χ3n) is 2.72. The first-order chi connectivity index (χ1) is 8.27. The second kappa shape index (κ2) is 4.25. The molecule has 3 nitrogen and oxygen atoms in total. The van der Waals surface area contributed by atoms with Gasteiger partial charge in [0.15, 0.2) is 0 Å². The Kier molecular flexibility index (Phi) is 2.74. The number of hydrogen-bond acceptors (Lipinski definition) is 4. The van der Waals surface area contributed by atoms with Gasteiger partial charge in [0, 0.05) is 10.0 Å². The van der Waals surface area contributed by atoms with E-state index in [1.807, 2.05) is 40.6 Å². The molecule has 1 aromatic carbocycles. The number of nitrogens with two attached hydrogens (primary N) is 1. The van der Waals surface area contributed by atoms with Crippen LogP contribution < -0.4 is 10.6 Å². The fourth-order valence-corrected chi connectivity index (χ4v) is 3.12. The normalized spacial score (nSPS) is 18.2. The van der Waals surface area contributed by atoms with E-state index in [1.54, 1.807) is 17.7 Å². The minimum Gasteiger partial charge on any atom is -0.311 e. The first-order valence-electron chi connectivity index (χ1n) is 5.17. The molecule has 0 spiro atoms. The van der Waals surface area contributed by atoms with Gasteiger partial charge in [-0.25, -0.2) is 4.99 Å². The lowest BCUT2D eigenvalue weighted by Crippen LogP contribution is -2.35. The van der Waals surface area contributed by atoms with Crippen LogP contribution in [-0.2, 0) is 0 Å². The SMILES string of the molecule is N[C@H]1c2ccsc2N=CN1c1ccccc1Br. The number of nitrogens with zero attached hydrogens (tertiary/aromatic N) is 2. The molecule has 86 valence electrons. The maximum absolute atomic E-state index is 6.26. The monoisotopic (exact) mass is 307 g/mol. The Labute approximate surface area is 112 Å². The molecule has 2 heterocycles. The Morgan fingerprint density at radius 2 is 2.12 bits per heavy atom. The molecule has 5 heteroatoms. The summed E-state index contributed by atoms with van der Waals surface area (Å²) in [4.78, 5) is 6.39. The predicted molar refractivity (Wildman–Crippen MR) is 76.0 cm³/mol. The van der Waals surface area contributed by atoms with Crippen molar-refractivity contribution >= 4 is 44.3 Å². The number of halogens is 1. The van der Waals surface area contributed by atoms with Gasteiger partial charge in [0.25, 0.3) is 0 Å². The quantitative estimate of drug-likeness (QED) is 0.874. The number of rotatable bonds is 1. The number of fused-ring (bicyclic) bond motifs is 1. The van der Waals surface area contributed by atoms with Crippen LogP contribution >= 0.6 is 27.3 Å². The lowest BCUT2D eigenvalue weighted by molar-refractivity contribution is 0.753. The third kappa shape index (κ3) is 1.80. The lowest BCUT2D eigenvalue weighted by Gasteiger charge is -2.30. The van der Waals surface area contributed by atoms with Crippen molar-refractivity contribution in [2.24, 2.45) is 10.7 Å². The second-order valence-electron chi connectivity index (χ2n) is 3.73. The van der Waals surface area contributed by atoms with Gasteiger partial charge in [-0.1, -0.05) is 12.1 Å². The summed E-state index contributed by atoms with van der Waals surface area (Å²) in [6, 6.07) is 10.0. The molecule has 0 amide bonds. The molecule has 0 saturated heterocycles. The van der Waals surface area contributed by atoms with Crippen LogP contribution in [0.15, 0.2) is 45.2 Å². The molecule has 17 heavy (non-hydrogen) atoms. The van der Waals surface area contributed by atoms with Gasteiger partial charge in [0.05, 0.1) is 12.0 Å². The minimum atomic E-state index is -0.174. The lowest BCUT2D eigenvalue weighted by atomic mass is 10.2. The van der Waals surface area contributed by atoms with Gasteiger partial charge >= 0.3 is 0 Å². The zero-order chi connectivity index (χ0) is 11.8. The summed E-state index contributed by atoms with van der Waals surface area (Å²) >= 11 is 5.15. The molecule has 3 rings (SSSR count). The van der Waals surface area contributed by atoms with Crippen molar-refractivity contribution < 1.29 is 0 Å². The van der Waals surface area contributed by atoms with Crippen molar-refractivity contribution in [1.82, 2.24) is 0 Å². The number of thiophene rings is 1. The van der Waals surface area contributed by atoms with E-state index in [0.717, 1.165) is 20.7 Å². The van der Waals surface area contributed by atoms with E-state index in [-0.39, 0.29) is 6.17 Å². The van der Waals surface area contributed by atoms with Crippen LogP contribution in [0.25, 0.3) is 0 Å². The van der Waals surface area contributed by atoms with Gasteiger partial charge in [-0.05, 0) is 39.5 Å². The Morgan fingerprint density at radius 3 is 2.94 bits per heavy atom. The topological polar surface area (TPSA) is 41.6 Å². The molecule has 2 N–H and O–H groups in total. The van der Waals surface area contributed by atoms with Crippen LogP contribution in [0.5, 0.6) is 0 Å². The number of hydrogen-bond donors (Lipinski definition) is 1. The average Bonchev–Trinajstić information content (AvgIpc) is 2.80. The Hall–Kier alpha value is -1.17. The highest BCUT2D eigenvalue weighted by Crippen LogP contribution is 2.38. The standard InChI is InChI=1S/C12H10BrN3S/c13-9-3-1-2-4-10(9)16-7-15-12-8(11(16)14)5-6-17-12/h1-7,11H,14H2/t11-/m1/s1. The van der Waals surface area contributed by atoms with E-state index in [4.69, 9.17) is 5.73 Å². The molecule has 1 aliphatic heterocycles. The van der Waals surface area contributed by atoms with Crippen LogP contribution in [0.2, 0.25) is 0 Å². The Morgan fingerprint density at radius 1 is 1.29 bits per heavy atom. The molecule has 1 atom stereocenters. The van der Waals surface area contributed by atoms with Crippen LogP contribution in [-0.4, -0.2) is 6.34 Å². The largest absolute Gasteiger partial charge is 0.311 e. The first-order valence-corrected chi connectivity index (χ1v) is 6.84. The molecule has 0 unspecified atom stereocenters. The molecule has 0 bridgehead atoms. The van der Waals surface area contributed by atoms with E-state index in [1.165, 1.54) is 0 Å². The van der Waals surface area contributed by atoms with Crippen molar-refractivity contribution in [2.75, 3.05) is 4.90 Å². The Bertz CT molecular complexity index is 579. The molecule has 0 saturated carbocycles. The van der Waals surface area contributed by atoms with Crippen LogP contribution in [0.1, 0.15) is 11.7 Å². The van der Waals surface area contributed by atoms with E-state index >= 15 is 0 Å². The highest BCUT2D eigenvalue weighted by Gasteiger charge is 2.23. The molecule has 0 aliphatic carbocycles. The van der Waals surface area contributed by atoms with Gasteiger partial charge in [-0.15, -0.1) is 11.3 Å². The van der Waals surface area contributed by atoms with Crippen molar-refractivity contribution in [3.63, 3.8) is 0 Å². The van der Waals surface area contributed by atoms with Crippen LogP contribution in [0.3, 0.4) is 0 Å². The van der Waals surface area contributed by atoms with Gasteiger partial charge in [0.2, 0.25) is 0 Å². The smallest absolute Gasteiger partial charge is 0.124 e. The molecule has 1 aromatic heterocycles. The molecule has 0 fully saturated rings. The Balaban J connectivity index is 2.05. The number of anilines is 1. The zero-order valence-electron chi connectivity index (χ0n) is 8.88. The molecular formula is C12H10BrN3S. The van der Waals surface area contributed by atoms with E-state index in [0.29, 0.717) is 0 Å². The third-order valence-corrected chi connectivity index (χ3v) is 4.23. The average molecular weight is 308 g/mol. The molecule has 2 aromatic rings. The van der Waals surface area contributed by atoms with Crippen molar-refractivity contribution in [2.45, 2.75) is 6.17 Å². The summed E-state index contributed by atoms with van der Waals surface area (Å²) in [6.07, 6.45) is 1.62. The summed E-state index contributed by atoms with van der Waals surface area (Å²) in [6.45, 7) is 0. The fraction of sp³-hybridized carbons (Fsp3) is 0.0833. The molecule has 0 radical (unpaired) electrons. The van der Waals surface area contributed by atoms with Gasteiger partial charge in [0.1, 0.15) is 11.2 Å². The van der Waals surface area contributed by atoms with E-state index in [9.17, 15) is 0 Å². The predicted octanol–water partition coefficient (Wildman–Crippen LogP) is 3.65. The van der Waals surface area contributed by atoms with Crippen molar-refractivity contribution in [1.29, 1.82) is 0 Å². The summed E-state index contributed by atoms with van der Waals surface area (Å²) < 4.78 is 1.01. The maximum atomic E-state index is 6.26. The van der Waals surface area contributed by atoms with Crippen molar-refractivity contribution in [3.8, 4) is 0 Å². The first kappa shape index (κ1) is 11.0. The highest BCUT2D eigenvalue weighted by molar-refractivity contribution is 9.10. The second-order valence-corrected chi connectivity index (χ2v) is 5.48. The minimum absolute atomic E-state index is 0.174. The van der Waals surface area contributed by atoms with Crippen LogP contribution in [0, 0.1) is 0 Å². The van der Waals surface area contributed by atoms with Gasteiger partial charge < -0.3 is 10.6 Å². The van der Waals surface area contributed by atoms with Crippen LogP contribution in [0.4, 0.5) is 10.7 Å². The van der Waals surface area contributed by atoms with Gasteiger partial charge in [-0.3, -0.25) is 0 Å². The summed E-state index contributed by atoms with van der Waals surface area (Å²) in [7, 11) is 0. The summed E-state index contributed by atoms with van der Waals surface area (Å²) in [5.74, 6) is 0. The van der Waals surface area contributed by atoms with E-state index in [2.05, 4.69) is 20.9 Å². The number of para-hydroxylation sites is 1. The fourth-order valence-electron chi connectivity index (χ4n) is 1.85. The van der Waals surface area contributed by atoms with Gasteiger partial charge in [-0.2, -0.15) is 0 Å². The van der Waals surface area contributed by atoms with Crippen molar-refractivity contribution in [3.05, 3.63) is 45.7 Å². The maximum Gasteiger partial charge on any atom is 0.124 e. The molecular weight excluding hydrogens is 298 g/mol.